The summed E-state index contributed by atoms with van der Waals surface area (Å²) >= 11 is 5.21. The molecule has 0 saturated carbocycles. The first-order valence-electron chi connectivity index (χ1n) is 4.65. The third kappa shape index (κ3) is 2.60. The van der Waals surface area contributed by atoms with Crippen molar-refractivity contribution in [3.63, 3.8) is 0 Å². The summed E-state index contributed by atoms with van der Waals surface area (Å²) in [6, 6.07) is 4.51. The normalized spacial score (nSPS) is 12.7. The zero-order valence-corrected chi connectivity index (χ0v) is 11.0. The average molecular weight is 286 g/mol. The number of anilines is 1. The van der Waals surface area contributed by atoms with Gasteiger partial charge in [-0.2, -0.15) is 5.10 Å². The van der Waals surface area contributed by atoms with Gasteiger partial charge >= 0.3 is 0 Å². The van der Waals surface area contributed by atoms with Gasteiger partial charge in [0.2, 0.25) is 0 Å². The zero-order chi connectivity index (χ0) is 10.8. The van der Waals surface area contributed by atoms with Crippen LogP contribution >= 0.6 is 27.3 Å². The Balaban J connectivity index is 2.06. The molecule has 3 nitrogen and oxygen atoms in total. The fourth-order valence-corrected chi connectivity index (χ4v) is 2.80. The summed E-state index contributed by atoms with van der Waals surface area (Å²) in [6.07, 6.45) is 3.80. The summed E-state index contributed by atoms with van der Waals surface area (Å²) in [6.45, 7) is 2.14. The van der Waals surface area contributed by atoms with Crippen LogP contribution in [-0.4, -0.2) is 9.78 Å². The van der Waals surface area contributed by atoms with Gasteiger partial charge in [-0.15, -0.1) is 11.3 Å². The highest BCUT2D eigenvalue weighted by molar-refractivity contribution is 9.11. The van der Waals surface area contributed by atoms with E-state index in [4.69, 9.17) is 0 Å². The van der Waals surface area contributed by atoms with Crippen LogP contribution in [0.3, 0.4) is 0 Å². The van der Waals surface area contributed by atoms with Crippen LogP contribution < -0.4 is 5.32 Å². The fourth-order valence-electron chi connectivity index (χ4n) is 1.38. The van der Waals surface area contributed by atoms with Crippen LogP contribution in [0.1, 0.15) is 17.8 Å². The van der Waals surface area contributed by atoms with E-state index in [-0.39, 0.29) is 0 Å². The van der Waals surface area contributed by atoms with Crippen molar-refractivity contribution in [1.82, 2.24) is 9.78 Å². The molecule has 2 aromatic heterocycles. The standard InChI is InChI=1S/C10H12BrN3S/c1-7(9-3-4-10(11)15-9)13-8-5-12-14(2)6-8/h3-7,13H,1-2H3/t7-/m0/s1. The number of aryl methyl sites for hydroxylation is 1. The Bertz CT molecular complexity index is 449. The second kappa shape index (κ2) is 4.37. The van der Waals surface area contributed by atoms with E-state index in [1.807, 2.05) is 19.4 Å². The van der Waals surface area contributed by atoms with Gasteiger partial charge in [0.15, 0.2) is 0 Å². The first kappa shape index (κ1) is 10.7. The van der Waals surface area contributed by atoms with Gasteiger partial charge in [-0.3, -0.25) is 4.68 Å². The molecule has 1 atom stereocenters. The van der Waals surface area contributed by atoms with Gasteiger partial charge in [-0.25, -0.2) is 0 Å². The number of rotatable bonds is 3. The molecule has 0 aliphatic carbocycles. The SMILES string of the molecule is C[C@H](Nc1cnn(C)c1)c1ccc(Br)s1. The molecule has 1 N–H and O–H groups in total. The van der Waals surface area contributed by atoms with Gasteiger partial charge in [-0.05, 0) is 35.0 Å². The van der Waals surface area contributed by atoms with Crippen molar-refractivity contribution in [2.24, 2.45) is 7.05 Å². The van der Waals surface area contributed by atoms with E-state index in [2.05, 4.69) is 45.4 Å². The van der Waals surface area contributed by atoms with E-state index in [9.17, 15) is 0 Å². The maximum Gasteiger partial charge on any atom is 0.0731 e. The summed E-state index contributed by atoms with van der Waals surface area (Å²) in [7, 11) is 1.91. The van der Waals surface area contributed by atoms with Crippen molar-refractivity contribution < 1.29 is 0 Å². The van der Waals surface area contributed by atoms with Gasteiger partial charge in [0, 0.05) is 18.1 Å². The first-order chi connectivity index (χ1) is 7.15. The molecule has 0 aliphatic heterocycles. The third-order valence-electron chi connectivity index (χ3n) is 2.11. The van der Waals surface area contributed by atoms with E-state index in [0.29, 0.717) is 6.04 Å². The Kier molecular flexibility index (Phi) is 3.11. The second-order valence-electron chi connectivity index (χ2n) is 3.41. The number of halogens is 1. The lowest BCUT2D eigenvalue weighted by Gasteiger charge is -2.10. The first-order valence-corrected chi connectivity index (χ1v) is 6.26. The highest BCUT2D eigenvalue weighted by Gasteiger charge is 2.08. The molecule has 0 aliphatic rings. The predicted molar refractivity (Wildman–Crippen MR) is 67.3 cm³/mol. The molecule has 2 aromatic rings. The molecule has 2 heterocycles. The molecular formula is C10H12BrN3S. The van der Waals surface area contributed by atoms with Gasteiger partial charge in [0.25, 0.3) is 0 Å². The summed E-state index contributed by atoms with van der Waals surface area (Å²) < 4.78 is 2.96. The molecule has 0 amide bonds. The van der Waals surface area contributed by atoms with E-state index >= 15 is 0 Å². The van der Waals surface area contributed by atoms with Gasteiger partial charge in [0.05, 0.1) is 21.7 Å². The van der Waals surface area contributed by atoms with Crippen LogP contribution in [-0.2, 0) is 7.05 Å². The van der Waals surface area contributed by atoms with E-state index in [1.165, 1.54) is 4.88 Å². The Morgan fingerprint density at radius 1 is 1.53 bits per heavy atom. The molecule has 0 radical (unpaired) electrons. The van der Waals surface area contributed by atoms with E-state index in [0.717, 1.165) is 9.47 Å². The molecule has 0 spiro atoms. The molecule has 5 heteroatoms. The molecule has 80 valence electrons. The van der Waals surface area contributed by atoms with E-state index in [1.54, 1.807) is 16.0 Å². The van der Waals surface area contributed by atoms with Crippen LogP contribution in [0.15, 0.2) is 28.3 Å². The highest BCUT2D eigenvalue weighted by atomic mass is 79.9. The number of aromatic nitrogens is 2. The van der Waals surface area contributed by atoms with Gasteiger partial charge < -0.3 is 5.32 Å². The minimum Gasteiger partial charge on any atom is -0.375 e. The Labute approximate surface area is 101 Å². The molecule has 0 fully saturated rings. The highest BCUT2D eigenvalue weighted by Crippen LogP contribution is 2.28. The quantitative estimate of drug-likeness (QED) is 0.937. The maximum atomic E-state index is 4.12. The lowest BCUT2D eigenvalue weighted by Crippen LogP contribution is -2.03. The van der Waals surface area contributed by atoms with Crippen LogP contribution in [0, 0.1) is 0 Å². The monoisotopic (exact) mass is 285 g/mol. The average Bonchev–Trinajstić information content (AvgIpc) is 2.75. The molecule has 0 unspecified atom stereocenters. The zero-order valence-electron chi connectivity index (χ0n) is 8.57. The van der Waals surface area contributed by atoms with Crippen molar-refractivity contribution in [1.29, 1.82) is 0 Å². The Hall–Kier alpha value is -0.810. The van der Waals surface area contributed by atoms with Crippen LogP contribution in [0.2, 0.25) is 0 Å². The van der Waals surface area contributed by atoms with Crippen molar-refractivity contribution in [2.75, 3.05) is 5.32 Å². The smallest absolute Gasteiger partial charge is 0.0731 e. The Morgan fingerprint density at radius 3 is 2.87 bits per heavy atom. The summed E-state index contributed by atoms with van der Waals surface area (Å²) in [4.78, 5) is 1.31. The van der Waals surface area contributed by atoms with Crippen LogP contribution in [0.25, 0.3) is 0 Å². The third-order valence-corrected chi connectivity index (χ3v) is 3.92. The lowest BCUT2D eigenvalue weighted by molar-refractivity contribution is 0.767. The predicted octanol–water partition coefficient (Wildman–Crippen LogP) is 3.42. The number of hydrogen-bond donors (Lipinski definition) is 1. The topological polar surface area (TPSA) is 29.9 Å². The van der Waals surface area contributed by atoms with E-state index < -0.39 is 0 Å². The molecule has 15 heavy (non-hydrogen) atoms. The number of thiophene rings is 1. The number of hydrogen-bond acceptors (Lipinski definition) is 3. The minimum atomic E-state index is 0.311. The summed E-state index contributed by atoms with van der Waals surface area (Å²) in [5, 5.41) is 7.52. The molecule has 2 rings (SSSR count). The van der Waals surface area contributed by atoms with Crippen molar-refractivity contribution in [2.45, 2.75) is 13.0 Å². The number of nitrogens with one attached hydrogen (secondary N) is 1. The lowest BCUT2D eigenvalue weighted by atomic mass is 10.3. The Morgan fingerprint density at radius 2 is 2.33 bits per heavy atom. The van der Waals surface area contributed by atoms with Crippen LogP contribution in [0.5, 0.6) is 0 Å². The van der Waals surface area contributed by atoms with Crippen molar-refractivity contribution in [3.05, 3.63) is 33.2 Å². The summed E-state index contributed by atoms with van der Waals surface area (Å²) in [5.74, 6) is 0. The van der Waals surface area contributed by atoms with Crippen LogP contribution in [0.4, 0.5) is 5.69 Å². The van der Waals surface area contributed by atoms with Gasteiger partial charge in [0.1, 0.15) is 0 Å². The molecule has 0 aromatic carbocycles. The largest absolute Gasteiger partial charge is 0.375 e. The minimum absolute atomic E-state index is 0.311. The fraction of sp³-hybridized carbons (Fsp3) is 0.300. The second-order valence-corrected chi connectivity index (χ2v) is 5.91. The van der Waals surface area contributed by atoms with Gasteiger partial charge in [-0.1, -0.05) is 0 Å². The summed E-state index contributed by atoms with van der Waals surface area (Å²) in [5.41, 5.74) is 1.05. The molecular weight excluding hydrogens is 274 g/mol. The number of nitrogens with zero attached hydrogens (tertiary/aromatic N) is 2. The molecule has 0 bridgehead atoms. The van der Waals surface area contributed by atoms with Crippen molar-refractivity contribution >= 4 is 33.0 Å². The maximum absolute atomic E-state index is 4.12. The van der Waals surface area contributed by atoms with Crippen molar-refractivity contribution in [3.8, 4) is 0 Å². The molecule has 0 saturated heterocycles.